The Morgan fingerprint density at radius 1 is 1.00 bits per heavy atom. The first-order valence-electron chi connectivity index (χ1n) is 10.0. The van der Waals surface area contributed by atoms with E-state index in [1.165, 1.54) is 0 Å². The van der Waals surface area contributed by atoms with Gasteiger partial charge in [0.15, 0.2) is 11.5 Å². The van der Waals surface area contributed by atoms with Crippen LogP contribution in [0.25, 0.3) is 0 Å². The number of nitrogens with zero attached hydrogens (tertiary/aromatic N) is 1. The summed E-state index contributed by atoms with van der Waals surface area (Å²) in [6.45, 7) is 10.3. The van der Waals surface area contributed by atoms with Crippen molar-refractivity contribution in [3.63, 3.8) is 0 Å². The van der Waals surface area contributed by atoms with E-state index in [4.69, 9.17) is 21.1 Å². The van der Waals surface area contributed by atoms with E-state index in [1.807, 2.05) is 43.3 Å². The highest BCUT2D eigenvalue weighted by atomic mass is 35.5. The number of rotatable bonds is 10. The highest BCUT2D eigenvalue weighted by Crippen LogP contribution is 2.32. The Hall–Kier alpha value is -0.920. The Labute approximate surface area is 209 Å². The van der Waals surface area contributed by atoms with Crippen LogP contribution in [0.2, 0.25) is 5.02 Å². The fourth-order valence-electron chi connectivity index (χ4n) is 3.26. The summed E-state index contributed by atoms with van der Waals surface area (Å²) in [5, 5.41) is 7.67. The summed E-state index contributed by atoms with van der Waals surface area (Å²) in [7, 11) is 0. The molecule has 0 spiro atoms. The van der Waals surface area contributed by atoms with Crippen molar-refractivity contribution in [1.82, 2.24) is 15.5 Å². The third-order valence-corrected chi connectivity index (χ3v) is 5.04. The van der Waals surface area contributed by atoms with Gasteiger partial charge in [-0.15, -0.1) is 37.2 Å². The summed E-state index contributed by atoms with van der Waals surface area (Å²) in [5.41, 5.74) is 2.19. The van der Waals surface area contributed by atoms with Crippen molar-refractivity contribution in [2.24, 2.45) is 0 Å². The zero-order valence-corrected chi connectivity index (χ0v) is 21.0. The topological polar surface area (TPSA) is 45.8 Å². The molecule has 0 atom stereocenters. The van der Waals surface area contributed by atoms with E-state index in [0.717, 1.165) is 73.5 Å². The molecule has 176 valence electrons. The van der Waals surface area contributed by atoms with E-state index in [0.29, 0.717) is 13.2 Å². The lowest BCUT2D eigenvalue weighted by Gasteiger charge is -2.27. The van der Waals surface area contributed by atoms with Crippen molar-refractivity contribution >= 4 is 48.8 Å². The first-order chi connectivity index (χ1) is 13.8. The van der Waals surface area contributed by atoms with Gasteiger partial charge in [0, 0.05) is 56.4 Å². The molecule has 0 amide bonds. The van der Waals surface area contributed by atoms with Crippen LogP contribution in [0.1, 0.15) is 18.1 Å². The van der Waals surface area contributed by atoms with Gasteiger partial charge in [-0.25, -0.2) is 0 Å². The molecule has 0 unspecified atom stereocenters. The normalized spacial score (nSPS) is 13.4. The number of piperazine rings is 1. The molecule has 2 aromatic carbocycles. The van der Waals surface area contributed by atoms with Crippen LogP contribution in [-0.4, -0.2) is 50.8 Å². The minimum absolute atomic E-state index is 0. The molecule has 0 aromatic heterocycles. The summed E-state index contributed by atoms with van der Waals surface area (Å²) in [6, 6.07) is 13.8. The summed E-state index contributed by atoms with van der Waals surface area (Å²) in [6.07, 6.45) is 0. The van der Waals surface area contributed by atoms with Gasteiger partial charge in [0.2, 0.25) is 0 Å². The van der Waals surface area contributed by atoms with Crippen LogP contribution in [0.5, 0.6) is 11.5 Å². The molecule has 3 rings (SSSR count). The summed E-state index contributed by atoms with van der Waals surface area (Å²) in [4.78, 5) is 2.48. The molecule has 1 heterocycles. The molecule has 0 radical (unpaired) electrons. The lowest BCUT2D eigenvalue weighted by molar-refractivity contribution is 0.240. The standard InChI is InChI=1S/C22H30ClN3O2.3ClH/c1-2-27-21-5-3-4-19(16-25-12-15-26-13-10-24-11-14-26)22(21)28-17-18-6-8-20(23)9-7-18;;;/h3-9,24-25H,2,10-17H2,1H3;3*1H. The molecular weight excluding hydrogens is 480 g/mol. The van der Waals surface area contributed by atoms with E-state index >= 15 is 0 Å². The van der Waals surface area contributed by atoms with Gasteiger partial charge in [0.1, 0.15) is 6.61 Å². The zero-order valence-electron chi connectivity index (χ0n) is 17.8. The Morgan fingerprint density at radius 2 is 1.71 bits per heavy atom. The van der Waals surface area contributed by atoms with Gasteiger partial charge in [0.05, 0.1) is 6.61 Å². The van der Waals surface area contributed by atoms with Crippen molar-refractivity contribution in [3.05, 3.63) is 58.6 Å². The monoisotopic (exact) mass is 511 g/mol. The van der Waals surface area contributed by atoms with Crippen LogP contribution in [0.4, 0.5) is 0 Å². The summed E-state index contributed by atoms with van der Waals surface area (Å²) >= 11 is 5.97. The molecule has 1 aliphatic heterocycles. The number of para-hydroxylation sites is 1. The maximum atomic E-state index is 6.17. The third kappa shape index (κ3) is 10.0. The molecule has 5 nitrogen and oxygen atoms in total. The average Bonchev–Trinajstić information content (AvgIpc) is 2.73. The highest BCUT2D eigenvalue weighted by molar-refractivity contribution is 6.30. The maximum Gasteiger partial charge on any atom is 0.166 e. The third-order valence-electron chi connectivity index (χ3n) is 4.79. The molecular formula is C22H33Cl4N3O2. The Morgan fingerprint density at radius 3 is 2.39 bits per heavy atom. The summed E-state index contributed by atoms with van der Waals surface area (Å²) < 4.78 is 12.0. The molecule has 1 fully saturated rings. The van der Waals surface area contributed by atoms with Crippen molar-refractivity contribution in [3.8, 4) is 11.5 Å². The molecule has 2 N–H and O–H groups in total. The second kappa shape index (κ2) is 16.7. The lowest BCUT2D eigenvalue weighted by Crippen LogP contribution is -2.45. The zero-order chi connectivity index (χ0) is 19.6. The fraction of sp³-hybridized carbons (Fsp3) is 0.455. The van der Waals surface area contributed by atoms with Crippen molar-refractivity contribution in [2.75, 3.05) is 45.9 Å². The van der Waals surface area contributed by atoms with Crippen LogP contribution < -0.4 is 20.1 Å². The SMILES string of the molecule is CCOc1cccc(CNCCN2CCNCC2)c1OCc1ccc(Cl)cc1.Cl.Cl.Cl. The number of benzene rings is 2. The smallest absolute Gasteiger partial charge is 0.166 e. The first-order valence-corrected chi connectivity index (χ1v) is 10.4. The molecule has 0 saturated carbocycles. The predicted octanol–water partition coefficient (Wildman–Crippen LogP) is 4.58. The molecule has 0 bridgehead atoms. The molecule has 1 aliphatic rings. The number of halogens is 4. The molecule has 9 heteroatoms. The summed E-state index contributed by atoms with van der Waals surface area (Å²) in [5.74, 6) is 1.60. The van der Waals surface area contributed by atoms with E-state index in [1.54, 1.807) is 0 Å². The quantitative estimate of drug-likeness (QED) is 0.456. The lowest BCUT2D eigenvalue weighted by atomic mass is 10.1. The predicted molar refractivity (Wildman–Crippen MR) is 136 cm³/mol. The highest BCUT2D eigenvalue weighted by Gasteiger charge is 2.12. The minimum Gasteiger partial charge on any atom is -0.490 e. The van der Waals surface area contributed by atoms with E-state index in [9.17, 15) is 0 Å². The van der Waals surface area contributed by atoms with Crippen LogP contribution in [0.15, 0.2) is 42.5 Å². The second-order valence-corrected chi connectivity index (χ2v) is 7.30. The molecule has 1 saturated heterocycles. The fourth-order valence-corrected chi connectivity index (χ4v) is 3.39. The largest absolute Gasteiger partial charge is 0.490 e. The van der Waals surface area contributed by atoms with Gasteiger partial charge in [-0.3, -0.25) is 4.90 Å². The van der Waals surface area contributed by atoms with E-state index < -0.39 is 0 Å². The van der Waals surface area contributed by atoms with E-state index in [-0.39, 0.29) is 37.2 Å². The van der Waals surface area contributed by atoms with Crippen molar-refractivity contribution in [2.45, 2.75) is 20.1 Å². The number of hydrogen-bond donors (Lipinski definition) is 2. The van der Waals surface area contributed by atoms with Gasteiger partial charge < -0.3 is 20.1 Å². The van der Waals surface area contributed by atoms with Crippen LogP contribution >= 0.6 is 48.8 Å². The number of hydrogen-bond acceptors (Lipinski definition) is 5. The van der Waals surface area contributed by atoms with Gasteiger partial charge in [-0.2, -0.15) is 0 Å². The Balaban J connectivity index is 0.00000300. The average molecular weight is 513 g/mol. The van der Waals surface area contributed by atoms with Crippen LogP contribution in [-0.2, 0) is 13.2 Å². The van der Waals surface area contributed by atoms with Gasteiger partial charge in [0.25, 0.3) is 0 Å². The Bertz CT molecular complexity index is 729. The van der Waals surface area contributed by atoms with Crippen LogP contribution in [0, 0.1) is 0 Å². The van der Waals surface area contributed by atoms with Gasteiger partial charge >= 0.3 is 0 Å². The minimum atomic E-state index is 0. The van der Waals surface area contributed by atoms with Gasteiger partial charge in [-0.05, 0) is 30.7 Å². The Kier molecular flexibility index (Phi) is 16.2. The van der Waals surface area contributed by atoms with Crippen molar-refractivity contribution < 1.29 is 9.47 Å². The maximum absolute atomic E-state index is 6.17. The van der Waals surface area contributed by atoms with Crippen molar-refractivity contribution in [1.29, 1.82) is 0 Å². The number of nitrogens with one attached hydrogen (secondary N) is 2. The number of ether oxygens (including phenoxy) is 2. The first kappa shape index (κ1) is 30.1. The molecule has 2 aromatic rings. The van der Waals surface area contributed by atoms with Gasteiger partial charge in [-0.1, -0.05) is 35.9 Å². The van der Waals surface area contributed by atoms with Crippen LogP contribution in [0.3, 0.4) is 0 Å². The second-order valence-electron chi connectivity index (χ2n) is 6.86. The van der Waals surface area contributed by atoms with E-state index in [2.05, 4.69) is 21.6 Å². The molecule has 31 heavy (non-hydrogen) atoms. The molecule has 0 aliphatic carbocycles.